The van der Waals surface area contributed by atoms with E-state index in [1.807, 2.05) is 0 Å². The summed E-state index contributed by atoms with van der Waals surface area (Å²) in [5, 5.41) is -1.41. The summed E-state index contributed by atoms with van der Waals surface area (Å²) in [4.78, 5) is 11.8. The molecule has 0 spiro atoms. The van der Waals surface area contributed by atoms with Crippen molar-refractivity contribution in [2.75, 3.05) is 0 Å². The average Bonchev–Trinajstić information content (AvgIpc) is 2.66. The molecule has 0 aliphatic heterocycles. The molecule has 0 aromatic carbocycles. The maximum Gasteiger partial charge on any atom is 0.324 e. The number of ether oxygens (including phenoxy) is 1. The number of carbonyl (C=O) groups is 1. The maximum atomic E-state index is 12.2. The summed E-state index contributed by atoms with van der Waals surface area (Å²) < 4.78 is 29.4. The third-order valence-electron chi connectivity index (χ3n) is 3.00. The third-order valence-corrected chi connectivity index (χ3v) is 5.58. The quantitative estimate of drug-likeness (QED) is 0.731. The highest BCUT2D eigenvalue weighted by Gasteiger charge is 2.39. The number of esters is 1. The predicted molar refractivity (Wildman–Crippen MR) is 66.5 cm³/mol. The molecule has 100 valence electrons. The van der Waals surface area contributed by atoms with Gasteiger partial charge >= 0.3 is 5.97 Å². The van der Waals surface area contributed by atoms with E-state index in [9.17, 15) is 13.2 Å². The van der Waals surface area contributed by atoms with Crippen LogP contribution >= 0.6 is 0 Å². The molecule has 0 amide bonds. The number of hydrogen-bond donors (Lipinski definition) is 0. The van der Waals surface area contributed by atoms with Gasteiger partial charge in [0.2, 0.25) is 0 Å². The summed E-state index contributed by atoms with van der Waals surface area (Å²) in [6, 6.07) is 0. The van der Waals surface area contributed by atoms with Crippen molar-refractivity contribution >= 4 is 15.8 Å². The highest BCUT2D eigenvalue weighted by Crippen LogP contribution is 2.28. The molecule has 1 unspecified atom stereocenters. The van der Waals surface area contributed by atoms with Gasteiger partial charge in [0.1, 0.15) is 5.60 Å². The van der Waals surface area contributed by atoms with E-state index < -0.39 is 26.7 Å². The monoisotopic (exact) mass is 262 g/mol. The van der Waals surface area contributed by atoms with Crippen LogP contribution in [0.2, 0.25) is 0 Å². The van der Waals surface area contributed by atoms with Gasteiger partial charge in [-0.25, -0.2) is 8.42 Å². The van der Waals surface area contributed by atoms with E-state index in [2.05, 4.69) is 0 Å². The van der Waals surface area contributed by atoms with Crippen molar-refractivity contribution < 1.29 is 17.9 Å². The van der Waals surface area contributed by atoms with Crippen molar-refractivity contribution in [2.24, 2.45) is 0 Å². The molecule has 1 aliphatic rings. The fraction of sp³-hybridized carbons (Fsp3) is 0.917. The fourth-order valence-corrected chi connectivity index (χ4v) is 3.91. The molecule has 0 bridgehead atoms. The molecule has 4 nitrogen and oxygen atoms in total. The molecule has 1 fully saturated rings. The lowest BCUT2D eigenvalue weighted by Crippen LogP contribution is -2.38. The van der Waals surface area contributed by atoms with Crippen LogP contribution in [-0.4, -0.2) is 30.5 Å². The highest BCUT2D eigenvalue weighted by atomic mass is 32.2. The summed E-state index contributed by atoms with van der Waals surface area (Å²) in [5.74, 6) is -0.635. The van der Waals surface area contributed by atoms with Crippen LogP contribution in [0.3, 0.4) is 0 Å². The first-order chi connectivity index (χ1) is 7.64. The Kier molecular flexibility index (Phi) is 4.23. The van der Waals surface area contributed by atoms with Crippen LogP contribution < -0.4 is 0 Å². The van der Waals surface area contributed by atoms with Crippen LogP contribution in [-0.2, 0) is 19.4 Å². The highest BCUT2D eigenvalue weighted by molar-refractivity contribution is 7.93. The van der Waals surface area contributed by atoms with E-state index >= 15 is 0 Å². The van der Waals surface area contributed by atoms with Gasteiger partial charge in [0.05, 0.1) is 5.25 Å². The van der Waals surface area contributed by atoms with E-state index in [-0.39, 0.29) is 5.25 Å². The summed E-state index contributed by atoms with van der Waals surface area (Å²) in [5.41, 5.74) is -0.642. The Morgan fingerprint density at radius 1 is 1.24 bits per heavy atom. The molecule has 1 rings (SSSR count). The number of hydrogen-bond acceptors (Lipinski definition) is 4. The van der Waals surface area contributed by atoms with E-state index in [1.165, 1.54) is 6.92 Å². The molecule has 0 aromatic heterocycles. The van der Waals surface area contributed by atoms with Crippen molar-refractivity contribution in [2.45, 2.75) is 69.5 Å². The molecule has 0 N–H and O–H groups in total. The third kappa shape index (κ3) is 3.69. The van der Waals surface area contributed by atoms with Crippen molar-refractivity contribution in [1.82, 2.24) is 0 Å². The van der Waals surface area contributed by atoms with Gasteiger partial charge in [-0.2, -0.15) is 0 Å². The lowest BCUT2D eigenvalue weighted by Gasteiger charge is -2.23. The Morgan fingerprint density at radius 2 is 1.71 bits per heavy atom. The molecule has 5 heteroatoms. The first-order valence-electron chi connectivity index (χ1n) is 6.10. The van der Waals surface area contributed by atoms with Crippen LogP contribution in [0, 0.1) is 0 Å². The summed E-state index contributed by atoms with van der Waals surface area (Å²) >= 11 is 0. The van der Waals surface area contributed by atoms with E-state index in [1.54, 1.807) is 20.8 Å². The second-order valence-electron chi connectivity index (χ2n) is 5.67. The minimum absolute atomic E-state index is 0.356. The van der Waals surface area contributed by atoms with Crippen molar-refractivity contribution in [1.29, 1.82) is 0 Å². The maximum absolute atomic E-state index is 12.2. The first kappa shape index (κ1) is 14.5. The Morgan fingerprint density at radius 3 is 2.12 bits per heavy atom. The zero-order chi connectivity index (χ0) is 13.3. The minimum Gasteiger partial charge on any atom is -0.459 e. The molecule has 0 aromatic rings. The molecular formula is C12H22O4S. The van der Waals surface area contributed by atoms with Crippen LogP contribution in [0.15, 0.2) is 0 Å². The molecular weight excluding hydrogens is 240 g/mol. The van der Waals surface area contributed by atoms with Crippen LogP contribution in [0.4, 0.5) is 0 Å². The smallest absolute Gasteiger partial charge is 0.324 e. The molecule has 1 saturated carbocycles. The molecule has 0 heterocycles. The van der Waals surface area contributed by atoms with Crippen LogP contribution in [0.1, 0.15) is 53.4 Å². The van der Waals surface area contributed by atoms with E-state index in [4.69, 9.17) is 4.74 Å². The Bertz CT molecular complexity index is 372. The lowest BCUT2D eigenvalue weighted by molar-refractivity contribution is -0.153. The summed E-state index contributed by atoms with van der Waals surface area (Å²) in [6.45, 7) is 6.64. The molecule has 1 aliphatic carbocycles. The topological polar surface area (TPSA) is 60.4 Å². The molecule has 0 radical (unpaired) electrons. The normalized spacial score (nSPS) is 20.2. The number of sulfone groups is 1. The second kappa shape index (κ2) is 4.96. The number of carbonyl (C=O) groups excluding carboxylic acids is 1. The van der Waals surface area contributed by atoms with Gasteiger partial charge in [-0.1, -0.05) is 12.8 Å². The van der Waals surface area contributed by atoms with Crippen LogP contribution in [0.5, 0.6) is 0 Å². The predicted octanol–water partition coefficient (Wildman–Crippen LogP) is 2.07. The second-order valence-corrected chi connectivity index (χ2v) is 8.22. The molecule has 0 saturated heterocycles. The fourth-order valence-electron chi connectivity index (χ4n) is 2.02. The van der Waals surface area contributed by atoms with Crippen molar-refractivity contribution in [3.8, 4) is 0 Å². The van der Waals surface area contributed by atoms with Crippen LogP contribution in [0.25, 0.3) is 0 Å². The zero-order valence-corrected chi connectivity index (χ0v) is 11.8. The zero-order valence-electron chi connectivity index (χ0n) is 11.0. The Hall–Kier alpha value is -0.580. The van der Waals surface area contributed by atoms with Gasteiger partial charge in [0.15, 0.2) is 15.1 Å². The summed E-state index contributed by atoms with van der Waals surface area (Å²) in [7, 11) is -3.38. The molecule has 17 heavy (non-hydrogen) atoms. The minimum atomic E-state index is -3.38. The Balaban J connectivity index is 2.74. The Labute approximate surface area is 104 Å². The van der Waals surface area contributed by atoms with E-state index in [0.29, 0.717) is 12.8 Å². The summed E-state index contributed by atoms with van der Waals surface area (Å²) in [6.07, 6.45) is 3.22. The largest absolute Gasteiger partial charge is 0.459 e. The number of rotatable bonds is 3. The lowest BCUT2D eigenvalue weighted by atomic mass is 10.2. The first-order valence-corrected chi connectivity index (χ1v) is 7.71. The standard InChI is InChI=1S/C12H22O4S/c1-9(11(13)16-12(2,3)4)17(14,15)10-7-5-6-8-10/h9-10H,5-8H2,1-4H3. The van der Waals surface area contributed by atoms with Gasteiger partial charge < -0.3 is 4.74 Å². The van der Waals surface area contributed by atoms with Crippen molar-refractivity contribution in [3.63, 3.8) is 0 Å². The van der Waals surface area contributed by atoms with Crippen molar-refractivity contribution in [3.05, 3.63) is 0 Å². The average molecular weight is 262 g/mol. The van der Waals surface area contributed by atoms with Gasteiger partial charge in [-0.3, -0.25) is 4.79 Å². The SMILES string of the molecule is CC(C(=O)OC(C)(C)C)S(=O)(=O)C1CCCC1. The van der Waals surface area contributed by atoms with Gasteiger partial charge in [-0.05, 0) is 40.5 Å². The van der Waals surface area contributed by atoms with Gasteiger partial charge in [0, 0.05) is 0 Å². The van der Waals surface area contributed by atoms with Gasteiger partial charge in [-0.15, -0.1) is 0 Å². The molecule has 1 atom stereocenters. The van der Waals surface area contributed by atoms with Gasteiger partial charge in [0.25, 0.3) is 0 Å². The van der Waals surface area contributed by atoms with E-state index in [0.717, 1.165) is 12.8 Å².